The fourth-order valence-corrected chi connectivity index (χ4v) is 5.02. The highest BCUT2D eigenvalue weighted by Gasteiger charge is 2.45. The fourth-order valence-electron chi connectivity index (χ4n) is 3.91. The Morgan fingerprint density at radius 1 is 1.21 bits per heavy atom. The molecule has 1 amide bonds. The van der Waals surface area contributed by atoms with E-state index in [2.05, 4.69) is 25.1 Å². The van der Waals surface area contributed by atoms with Gasteiger partial charge >= 0.3 is 0 Å². The normalized spacial score (nSPS) is 21.6. The molecule has 1 spiro atoms. The third-order valence-corrected chi connectivity index (χ3v) is 7.28. The van der Waals surface area contributed by atoms with Crippen molar-refractivity contribution in [2.45, 2.75) is 39.7 Å². The molecule has 24 heavy (non-hydrogen) atoms. The number of sulfonamides is 1. The maximum atomic E-state index is 12.5. The number of piperidine rings is 1. The van der Waals surface area contributed by atoms with E-state index in [0.29, 0.717) is 26.1 Å². The minimum absolute atomic E-state index is 0.0410. The molecule has 0 saturated carbocycles. The fraction of sp³-hybridized carbons (Fsp3) is 0.611. The molecular weight excluding hydrogens is 324 g/mol. The molecule has 2 heterocycles. The highest BCUT2D eigenvalue weighted by atomic mass is 32.2. The Morgan fingerprint density at radius 2 is 1.92 bits per heavy atom. The van der Waals surface area contributed by atoms with Crippen LogP contribution in [0.1, 0.15) is 37.3 Å². The van der Waals surface area contributed by atoms with Gasteiger partial charge < -0.3 is 4.90 Å². The molecule has 1 aromatic carbocycles. The minimum atomic E-state index is -3.11. The molecule has 2 fully saturated rings. The number of likely N-dealkylation sites (tertiary alicyclic amines) is 1. The van der Waals surface area contributed by atoms with Gasteiger partial charge in [-0.2, -0.15) is 0 Å². The number of nitrogens with zero attached hydrogens (tertiary/aromatic N) is 2. The highest BCUT2D eigenvalue weighted by Crippen LogP contribution is 2.42. The lowest BCUT2D eigenvalue weighted by atomic mass is 9.78. The maximum absolute atomic E-state index is 12.5. The van der Waals surface area contributed by atoms with E-state index in [-0.39, 0.29) is 17.1 Å². The van der Waals surface area contributed by atoms with E-state index in [1.54, 1.807) is 11.2 Å². The maximum Gasteiger partial charge on any atom is 0.223 e. The van der Waals surface area contributed by atoms with E-state index in [4.69, 9.17) is 0 Å². The summed E-state index contributed by atoms with van der Waals surface area (Å²) in [6.45, 7) is 6.23. The molecule has 0 bridgehead atoms. The lowest BCUT2D eigenvalue weighted by molar-refractivity contribution is -0.128. The van der Waals surface area contributed by atoms with Gasteiger partial charge in [0, 0.05) is 32.6 Å². The largest absolute Gasteiger partial charge is 0.338 e. The zero-order valence-corrected chi connectivity index (χ0v) is 15.3. The third-order valence-electron chi connectivity index (χ3n) is 5.40. The molecule has 132 valence electrons. The summed E-state index contributed by atoms with van der Waals surface area (Å²) in [4.78, 5) is 14.4. The van der Waals surface area contributed by atoms with Crippen molar-refractivity contribution in [1.82, 2.24) is 9.21 Å². The molecule has 0 aliphatic carbocycles. The first-order chi connectivity index (χ1) is 11.3. The summed E-state index contributed by atoms with van der Waals surface area (Å²) in [5.41, 5.74) is 2.32. The summed E-state index contributed by atoms with van der Waals surface area (Å²) >= 11 is 0. The van der Waals surface area contributed by atoms with E-state index < -0.39 is 10.0 Å². The van der Waals surface area contributed by atoms with Crippen LogP contribution in [-0.2, 0) is 21.4 Å². The number of amides is 1. The number of hydrogen-bond donors (Lipinski definition) is 0. The molecule has 0 aromatic heterocycles. The van der Waals surface area contributed by atoms with Gasteiger partial charge in [0.1, 0.15) is 0 Å². The lowest BCUT2D eigenvalue weighted by Gasteiger charge is -2.38. The predicted molar refractivity (Wildman–Crippen MR) is 93.9 cm³/mol. The molecule has 0 radical (unpaired) electrons. The summed E-state index contributed by atoms with van der Waals surface area (Å²) in [7, 11) is -3.11. The van der Waals surface area contributed by atoms with Crippen molar-refractivity contribution in [1.29, 1.82) is 0 Å². The van der Waals surface area contributed by atoms with E-state index in [1.807, 2.05) is 11.0 Å². The zero-order chi connectivity index (χ0) is 17.4. The Hall–Kier alpha value is -1.40. The summed E-state index contributed by atoms with van der Waals surface area (Å²) in [5.74, 6) is 0.349. The Balaban J connectivity index is 1.65. The molecule has 2 saturated heterocycles. The minimum Gasteiger partial charge on any atom is -0.338 e. The molecule has 3 rings (SSSR count). The van der Waals surface area contributed by atoms with E-state index in [9.17, 15) is 13.2 Å². The van der Waals surface area contributed by atoms with Crippen LogP contribution in [0, 0.1) is 12.3 Å². The van der Waals surface area contributed by atoms with Gasteiger partial charge in [-0.05, 0) is 37.7 Å². The van der Waals surface area contributed by atoms with Gasteiger partial charge in [-0.3, -0.25) is 4.79 Å². The molecule has 6 heteroatoms. The van der Waals surface area contributed by atoms with Gasteiger partial charge in [-0.25, -0.2) is 12.7 Å². The topological polar surface area (TPSA) is 57.7 Å². The van der Waals surface area contributed by atoms with Crippen LogP contribution >= 0.6 is 0 Å². The van der Waals surface area contributed by atoms with Gasteiger partial charge in [0.2, 0.25) is 15.9 Å². The average Bonchev–Trinajstić information content (AvgIpc) is 2.83. The molecule has 0 N–H and O–H groups in total. The second kappa shape index (κ2) is 6.48. The SMILES string of the molecule is CCS(=O)(=O)N1CCC2(CC1)CC(=O)N(Cc1cccc(C)c1)C2. The predicted octanol–water partition coefficient (Wildman–Crippen LogP) is 2.16. The summed E-state index contributed by atoms with van der Waals surface area (Å²) < 4.78 is 25.6. The Morgan fingerprint density at radius 3 is 2.54 bits per heavy atom. The summed E-state index contributed by atoms with van der Waals surface area (Å²) in [6.07, 6.45) is 2.11. The third kappa shape index (κ3) is 3.49. The number of rotatable bonds is 4. The lowest BCUT2D eigenvalue weighted by Crippen LogP contribution is -2.44. The van der Waals surface area contributed by atoms with Crippen molar-refractivity contribution in [2.75, 3.05) is 25.4 Å². The average molecular weight is 350 g/mol. The number of carbonyl (C=O) groups is 1. The van der Waals surface area contributed by atoms with Crippen LogP contribution in [0.5, 0.6) is 0 Å². The van der Waals surface area contributed by atoms with Crippen molar-refractivity contribution in [3.63, 3.8) is 0 Å². The molecule has 1 aromatic rings. The highest BCUT2D eigenvalue weighted by molar-refractivity contribution is 7.89. The number of hydrogen-bond acceptors (Lipinski definition) is 3. The zero-order valence-electron chi connectivity index (χ0n) is 14.5. The van der Waals surface area contributed by atoms with Crippen LogP contribution in [0.2, 0.25) is 0 Å². The van der Waals surface area contributed by atoms with Crippen LogP contribution in [0.15, 0.2) is 24.3 Å². The van der Waals surface area contributed by atoms with E-state index in [1.165, 1.54) is 5.56 Å². The molecule has 0 unspecified atom stereocenters. The van der Waals surface area contributed by atoms with E-state index in [0.717, 1.165) is 24.9 Å². The second-order valence-electron chi connectivity index (χ2n) is 7.22. The van der Waals surface area contributed by atoms with Crippen molar-refractivity contribution >= 4 is 15.9 Å². The molecule has 2 aliphatic heterocycles. The van der Waals surface area contributed by atoms with Gasteiger partial charge in [0.15, 0.2) is 0 Å². The van der Waals surface area contributed by atoms with Crippen molar-refractivity contribution < 1.29 is 13.2 Å². The van der Waals surface area contributed by atoms with Crippen LogP contribution in [0.25, 0.3) is 0 Å². The summed E-state index contributed by atoms with van der Waals surface area (Å²) in [5, 5.41) is 0. The van der Waals surface area contributed by atoms with Gasteiger partial charge in [-0.15, -0.1) is 0 Å². The number of aryl methyl sites for hydroxylation is 1. The van der Waals surface area contributed by atoms with Gasteiger partial charge in [0.05, 0.1) is 5.75 Å². The summed E-state index contributed by atoms with van der Waals surface area (Å²) in [6, 6.07) is 8.26. The monoisotopic (exact) mass is 350 g/mol. The van der Waals surface area contributed by atoms with E-state index >= 15 is 0 Å². The first-order valence-electron chi connectivity index (χ1n) is 8.65. The first-order valence-corrected chi connectivity index (χ1v) is 10.3. The molecule has 5 nitrogen and oxygen atoms in total. The molecule has 0 atom stereocenters. The Bertz CT molecular complexity index is 722. The van der Waals surface area contributed by atoms with Crippen LogP contribution < -0.4 is 0 Å². The van der Waals surface area contributed by atoms with Gasteiger partial charge in [0.25, 0.3) is 0 Å². The first kappa shape index (κ1) is 17.4. The smallest absolute Gasteiger partial charge is 0.223 e. The second-order valence-corrected chi connectivity index (χ2v) is 9.47. The van der Waals surface area contributed by atoms with Crippen LogP contribution in [-0.4, -0.2) is 48.9 Å². The Kier molecular flexibility index (Phi) is 4.71. The van der Waals surface area contributed by atoms with Crippen molar-refractivity contribution in [3.8, 4) is 0 Å². The quantitative estimate of drug-likeness (QED) is 0.836. The Labute approximate surface area is 144 Å². The number of carbonyl (C=O) groups excluding carboxylic acids is 1. The van der Waals surface area contributed by atoms with Gasteiger partial charge in [-0.1, -0.05) is 29.8 Å². The van der Waals surface area contributed by atoms with Crippen molar-refractivity contribution in [2.24, 2.45) is 5.41 Å². The standard InChI is InChI=1S/C18H26N2O3S/c1-3-24(22,23)20-9-7-18(8-10-20)12-17(21)19(14-18)13-16-6-4-5-15(2)11-16/h4-6,11H,3,7-10,12-14H2,1-2H3. The van der Waals surface area contributed by atoms with Crippen molar-refractivity contribution in [3.05, 3.63) is 35.4 Å². The number of benzene rings is 1. The van der Waals surface area contributed by atoms with Crippen LogP contribution in [0.3, 0.4) is 0 Å². The molecule has 2 aliphatic rings. The molecular formula is C18H26N2O3S. The van der Waals surface area contributed by atoms with Crippen LogP contribution in [0.4, 0.5) is 0 Å².